The van der Waals surface area contributed by atoms with Crippen LogP contribution in [0, 0.1) is 17.1 Å². The van der Waals surface area contributed by atoms with E-state index in [4.69, 9.17) is 5.26 Å². The smallest absolute Gasteiger partial charge is 0.246 e. The Morgan fingerprint density at radius 3 is 2.95 bits per heavy atom. The fraction of sp³-hybridized carbons (Fsp3) is 0.429. The van der Waals surface area contributed by atoms with Crippen molar-refractivity contribution in [3.63, 3.8) is 0 Å². The molecule has 1 aromatic rings. The summed E-state index contributed by atoms with van der Waals surface area (Å²) >= 11 is 0. The van der Waals surface area contributed by atoms with Gasteiger partial charge >= 0.3 is 0 Å². The molecule has 1 amide bonds. The minimum Gasteiger partial charge on any atom is -0.359 e. The SMILES string of the molecule is CN1CCCN(c2cccc(F)c2)C(CC#N)C1=O. The van der Waals surface area contributed by atoms with Crippen molar-refractivity contribution in [1.29, 1.82) is 5.26 Å². The number of rotatable bonds is 2. The topological polar surface area (TPSA) is 47.3 Å². The molecule has 1 aliphatic rings. The van der Waals surface area contributed by atoms with Crippen LogP contribution in [0.1, 0.15) is 12.8 Å². The fourth-order valence-corrected chi connectivity index (χ4v) is 2.38. The summed E-state index contributed by atoms with van der Waals surface area (Å²) in [6.45, 7) is 1.30. The second kappa shape index (κ2) is 5.70. The van der Waals surface area contributed by atoms with Crippen LogP contribution in [0.15, 0.2) is 24.3 Å². The Kier molecular flexibility index (Phi) is 4.00. The molecule has 0 spiro atoms. The molecule has 1 unspecified atom stereocenters. The molecule has 0 N–H and O–H groups in total. The largest absolute Gasteiger partial charge is 0.359 e. The van der Waals surface area contributed by atoms with Crippen molar-refractivity contribution < 1.29 is 9.18 Å². The van der Waals surface area contributed by atoms with Crippen LogP contribution in [-0.4, -0.2) is 37.0 Å². The van der Waals surface area contributed by atoms with Crippen molar-refractivity contribution >= 4 is 11.6 Å². The second-order valence-corrected chi connectivity index (χ2v) is 4.66. The Morgan fingerprint density at radius 2 is 2.26 bits per heavy atom. The van der Waals surface area contributed by atoms with Crippen LogP contribution in [0.3, 0.4) is 0 Å². The molecule has 0 bridgehead atoms. The summed E-state index contributed by atoms with van der Waals surface area (Å²) < 4.78 is 13.3. The molecule has 2 rings (SSSR count). The van der Waals surface area contributed by atoms with Crippen molar-refractivity contribution in [2.75, 3.05) is 25.0 Å². The van der Waals surface area contributed by atoms with Crippen LogP contribution in [0.25, 0.3) is 0 Å². The van der Waals surface area contributed by atoms with E-state index in [2.05, 4.69) is 0 Å². The van der Waals surface area contributed by atoms with E-state index in [1.54, 1.807) is 24.1 Å². The molecule has 1 fully saturated rings. The molecule has 1 aliphatic heterocycles. The lowest BCUT2D eigenvalue weighted by atomic mass is 10.1. The number of carbonyl (C=O) groups excluding carboxylic acids is 1. The molecular weight excluding hydrogens is 245 g/mol. The zero-order valence-electron chi connectivity index (χ0n) is 10.8. The second-order valence-electron chi connectivity index (χ2n) is 4.66. The predicted molar refractivity (Wildman–Crippen MR) is 70.0 cm³/mol. The first kappa shape index (κ1) is 13.3. The van der Waals surface area contributed by atoms with Gasteiger partial charge in [0, 0.05) is 25.8 Å². The van der Waals surface area contributed by atoms with Crippen molar-refractivity contribution in [3.05, 3.63) is 30.1 Å². The minimum atomic E-state index is -0.528. The van der Waals surface area contributed by atoms with Crippen LogP contribution in [0.4, 0.5) is 10.1 Å². The Hall–Kier alpha value is -2.09. The van der Waals surface area contributed by atoms with Gasteiger partial charge in [-0.05, 0) is 24.6 Å². The summed E-state index contributed by atoms with van der Waals surface area (Å²) in [5, 5.41) is 8.91. The summed E-state index contributed by atoms with van der Waals surface area (Å²) in [5.74, 6) is -0.415. The predicted octanol–water partition coefficient (Wildman–Crippen LogP) is 1.78. The quantitative estimate of drug-likeness (QED) is 0.815. The molecule has 0 aliphatic carbocycles. The van der Waals surface area contributed by atoms with Crippen molar-refractivity contribution in [2.45, 2.75) is 18.9 Å². The number of likely N-dealkylation sites (N-methyl/N-ethyl adjacent to an activating group) is 1. The Balaban J connectivity index is 2.35. The lowest BCUT2D eigenvalue weighted by Gasteiger charge is -2.30. The standard InChI is InChI=1S/C14H16FN3O/c1-17-8-3-9-18(13(6-7-16)14(17)19)12-5-2-4-11(15)10-12/h2,4-5,10,13H,3,6,8-9H2,1H3. The summed E-state index contributed by atoms with van der Waals surface area (Å²) in [6.07, 6.45) is 0.917. The lowest BCUT2D eigenvalue weighted by Crippen LogP contribution is -2.44. The number of benzene rings is 1. The number of nitrogens with zero attached hydrogens (tertiary/aromatic N) is 3. The van der Waals surface area contributed by atoms with Gasteiger partial charge in [0.25, 0.3) is 0 Å². The van der Waals surface area contributed by atoms with Gasteiger partial charge in [0.1, 0.15) is 11.9 Å². The third-order valence-electron chi connectivity index (χ3n) is 3.35. The van der Waals surface area contributed by atoms with Crippen LogP contribution in [0.5, 0.6) is 0 Å². The van der Waals surface area contributed by atoms with E-state index < -0.39 is 6.04 Å². The average Bonchev–Trinajstić information content (AvgIpc) is 2.53. The highest BCUT2D eigenvalue weighted by atomic mass is 19.1. The summed E-state index contributed by atoms with van der Waals surface area (Å²) in [5.41, 5.74) is 0.656. The average molecular weight is 261 g/mol. The molecule has 1 atom stereocenters. The molecule has 0 saturated carbocycles. The lowest BCUT2D eigenvalue weighted by molar-refractivity contribution is -0.130. The molecule has 1 saturated heterocycles. The van der Waals surface area contributed by atoms with Gasteiger partial charge < -0.3 is 9.80 Å². The van der Waals surface area contributed by atoms with Gasteiger partial charge in [0.05, 0.1) is 12.5 Å². The first-order valence-corrected chi connectivity index (χ1v) is 6.27. The number of amides is 1. The van der Waals surface area contributed by atoms with Gasteiger partial charge in [-0.2, -0.15) is 5.26 Å². The van der Waals surface area contributed by atoms with Gasteiger partial charge in [0.2, 0.25) is 5.91 Å². The molecule has 1 aromatic carbocycles. The van der Waals surface area contributed by atoms with Gasteiger partial charge in [0.15, 0.2) is 0 Å². The normalized spacial score (nSPS) is 20.1. The van der Waals surface area contributed by atoms with Crippen LogP contribution >= 0.6 is 0 Å². The molecule has 19 heavy (non-hydrogen) atoms. The third kappa shape index (κ3) is 2.84. The number of nitriles is 1. The zero-order valence-corrected chi connectivity index (χ0v) is 10.8. The van der Waals surface area contributed by atoms with Gasteiger partial charge in [-0.3, -0.25) is 4.79 Å². The van der Waals surface area contributed by atoms with Gasteiger partial charge in [-0.25, -0.2) is 4.39 Å². The number of carbonyl (C=O) groups is 1. The van der Waals surface area contributed by atoms with Gasteiger partial charge in [-0.15, -0.1) is 0 Å². The highest BCUT2D eigenvalue weighted by Crippen LogP contribution is 2.23. The van der Waals surface area contributed by atoms with E-state index in [1.807, 2.05) is 11.0 Å². The first-order chi connectivity index (χ1) is 9.13. The number of anilines is 1. The summed E-state index contributed by atoms with van der Waals surface area (Å²) in [7, 11) is 1.74. The molecule has 1 heterocycles. The number of hydrogen-bond acceptors (Lipinski definition) is 3. The third-order valence-corrected chi connectivity index (χ3v) is 3.35. The Morgan fingerprint density at radius 1 is 1.47 bits per heavy atom. The molecule has 4 nitrogen and oxygen atoms in total. The zero-order chi connectivity index (χ0) is 13.8. The fourth-order valence-electron chi connectivity index (χ4n) is 2.38. The maximum atomic E-state index is 13.3. The highest BCUT2D eigenvalue weighted by Gasteiger charge is 2.31. The summed E-state index contributed by atoms with van der Waals surface area (Å²) in [6, 6.07) is 7.68. The van der Waals surface area contributed by atoms with E-state index in [0.717, 1.165) is 6.42 Å². The molecular formula is C14H16FN3O. The van der Waals surface area contributed by atoms with E-state index in [1.165, 1.54) is 12.1 Å². The molecule has 0 aromatic heterocycles. The number of hydrogen-bond donors (Lipinski definition) is 0. The Labute approximate surface area is 112 Å². The monoisotopic (exact) mass is 261 g/mol. The highest BCUT2D eigenvalue weighted by molar-refractivity contribution is 5.86. The van der Waals surface area contributed by atoms with E-state index in [-0.39, 0.29) is 18.1 Å². The minimum absolute atomic E-state index is 0.0803. The van der Waals surface area contributed by atoms with Crippen molar-refractivity contribution in [3.8, 4) is 6.07 Å². The van der Waals surface area contributed by atoms with E-state index in [9.17, 15) is 9.18 Å². The van der Waals surface area contributed by atoms with Crippen molar-refractivity contribution in [2.24, 2.45) is 0 Å². The molecule has 5 heteroatoms. The van der Waals surface area contributed by atoms with Gasteiger partial charge in [-0.1, -0.05) is 6.07 Å². The van der Waals surface area contributed by atoms with E-state index >= 15 is 0 Å². The molecule has 100 valence electrons. The summed E-state index contributed by atoms with van der Waals surface area (Å²) in [4.78, 5) is 15.7. The van der Waals surface area contributed by atoms with E-state index in [0.29, 0.717) is 18.8 Å². The maximum absolute atomic E-state index is 13.3. The van der Waals surface area contributed by atoms with Crippen LogP contribution < -0.4 is 4.90 Å². The Bertz CT molecular complexity index is 512. The maximum Gasteiger partial charge on any atom is 0.246 e. The number of halogens is 1. The van der Waals surface area contributed by atoms with Crippen LogP contribution in [0.2, 0.25) is 0 Å². The first-order valence-electron chi connectivity index (χ1n) is 6.27. The van der Waals surface area contributed by atoms with Crippen LogP contribution in [-0.2, 0) is 4.79 Å². The molecule has 0 radical (unpaired) electrons. The van der Waals surface area contributed by atoms with Crippen molar-refractivity contribution in [1.82, 2.24) is 4.90 Å².